The van der Waals surface area contributed by atoms with Gasteiger partial charge in [0.15, 0.2) is 0 Å². The average molecular weight is 264 g/mol. The normalized spacial score (nSPS) is 11.9. The van der Waals surface area contributed by atoms with Crippen molar-refractivity contribution < 1.29 is 14.7 Å². The second kappa shape index (κ2) is 6.87. The van der Waals surface area contributed by atoms with Gasteiger partial charge in [0.2, 0.25) is 0 Å². The molecule has 5 heteroatoms. The van der Waals surface area contributed by atoms with E-state index in [1.54, 1.807) is 19.1 Å². The Labute approximate surface area is 113 Å². The van der Waals surface area contributed by atoms with Gasteiger partial charge >= 0.3 is 5.97 Å². The number of carbonyl (C=O) groups is 2. The molecule has 0 spiro atoms. The Morgan fingerprint density at radius 2 is 2.05 bits per heavy atom. The van der Waals surface area contributed by atoms with Gasteiger partial charge in [-0.25, -0.2) is 0 Å². The molecular formula is C14H20N2O3. The summed E-state index contributed by atoms with van der Waals surface area (Å²) in [6, 6.07) is 3.53. The molecule has 1 rings (SSSR count). The third-order valence-corrected chi connectivity index (χ3v) is 3.06. The second-order valence-electron chi connectivity index (χ2n) is 4.67. The topological polar surface area (TPSA) is 79.3 Å². The van der Waals surface area contributed by atoms with Crippen molar-refractivity contribution >= 4 is 11.9 Å². The van der Waals surface area contributed by atoms with E-state index in [0.29, 0.717) is 17.8 Å². The Balaban J connectivity index is 2.61. The summed E-state index contributed by atoms with van der Waals surface area (Å²) in [5.74, 6) is -1.08. The zero-order valence-electron chi connectivity index (χ0n) is 11.6. The lowest BCUT2D eigenvalue weighted by atomic mass is 10.0. The molecule has 0 radical (unpaired) electrons. The zero-order valence-corrected chi connectivity index (χ0v) is 11.6. The van der Waals surface area contributed by atoms with E-state index in [2.05, 4.69) is 10.3 Å². The lowest BCUT2D eigenvalue weighted by Gasteiger charge is -2.14. The number of carbonyl (C=O) groups excluding carboxylic acids is 1. The van der Waals surface area contributed by atoms with E-state index in [0.717, 1.165) is 12.1 Å². The van der Waals surface area contributed by atoms with Crippen LogP contribution >= 0.6 is 0 Å². The van der Waals surface area contributed by atoms with Crippen LogP contribution in [0.25, 0.3) is 0 Å². The molecule has 1 aromatic heterocycles. The van der Waals surface area contributed by atoms with Crippen LogP contribution in [0.5, 0.6) is 0 Å². The van der Waals surface area contributed by atoms with Gasteiger partial charge in [0, 0.05) is 18.7 Å². The van der Waals surface area contributed by atoms with Gasteiger partial charge in [-0.3, -0.25) is 14.6 Å². The maximum atomic E-state index is 12.0. The van der Waals surface area contributed by atoms with E-state index in [-0.39, 0.29) is 18.2 Å². The third-order valence-electron chi connectivity index (χ3n) is 3.06. The van der Waals surface area contributed by atoms with E-state index >= 15 is 0 Å². The smallest absolute Gasteiger partial charge is 0.303 e. The number of hydrogen-bond donors (Lipinski definition) is 2. The highest BCUT2D eigenvalue weighted by atomic mass is 16.4. The Hall–Kier alpha value is -1.91. The number of aryl methyl sites for hydroxylation is 2. The first-order valence-corrected chi connectivity index (χ1v) is 6.38. The van der Waals surface area contributed by atoms with Gasteiger partial charge in [0.05, 0.1) is 11.3 Å². The van der Waals surface area contributed by atoms with Crippen LogP contribution in [-0.2, 0) is 4.79 Å². The molecule has 0 aliphatic rings. The van der Waals surface area contributed by atoms with Gasteiger partial charge in [0.1, 0.15) is 0 Å². The van der Waals surface area contributed by atoms with Crippen molar-refractivity contribution in [2.45, 2.75) is 33.6 Å². The van der Waals surface area contributed by atoms with Gasteiger partial charge in [-0.1, -0.05) is 13.3 Å². The first-order valence-electron chi connectivity index (χ1n) is 6.38. The van der Waals surface area contributed by atoms with Crippen LogP contribution in [-0.4, -0.2) is 28.5 Å². The summed E-state index contributed by atoms with van der Waals surface area (Å²) in [6.07, 6.45) is 0.791. The number of hydrogen-bond acceptors (Lipinski definition) is 3. The molecular weight excluding hydrogens is 244 g/mol. The number of carboxylic acid groups (broad SMARTS) is 1. The van der Waals surface area contributed by atoms with Crippen molar-refractivity contribution in [3.05, 3.63) is 29.1 Å². The molecule has 5 nitrogen and oxygen atoms in total. The molecule has 0 aromatic carbocycles. The summed E-state index contributed by atoms with van der Waals surface area (Å²) in [5, 5.41) is 11.5. The molecule has 1 unspecified atom stereocenters. The largest absolute Gasteiger partial charge is 0.481 e. The Kier molecular flexibility index (Phi) is 5.48. The predicted octanol–water partition coefficient (Wildman–Crippen LogP) is 1.93. The molecule has 0 saturated heterocycles. The van der Waals surface area contributed by atoms with Crippen molar-refractivity contribution in [3.8, 4) is 0 Å². The maximum absolute atomic E-state index is 12.0. The Morgan fingerprint density at radius 3 is 2.58 bits per heavy atom. The lowest BCUT2D eigenvalue weighted by Crippen LogP contribution is -2.30. The highest BCUT2D eigenvalue weighted by Gasteiger charge is 2.14. The number of pyridine rings is 1. The number of aliphatic carboxylic acids is 1. The number of amides is 1. The SMILES string of the molecule is CCC(CNC(=O)c1ccc(C)nc1C)CC(=O)O. The summed E-state index contributed by atoms with van der Waals surface area (Å²) in [5.41, 5.74) is 2.09. The van der Waals surface area contributed by atoms with Crippen LogP contribution in [0.4, 0.5) is 0 Å². The van der Waals surface area contributed by atoms with Crippen molar-refractivity contribution in [1.29, 1.82) is 0 Å². The fourth-order valence-corrected chi connectivity index (χ4v) is 1.87. The van der Waals surface area contributed by atoms with E-state index in [1.807, 2.05) is 13.8 Å². The van der Waals surface area contributed by atoms with Crippen molar-refractivity contribution in [2.75, 3.05) is 6.54 Å². The standard InChI is InChI=1S/C14H20N2O3/c1-4-11(7-13(17)18)8-15-14(19)12-6-5-9(2)16-10(12)3/h5-6,11H,4,7-8H2,1-3H3,(H,15,19)(H,17,18). The fraction of sp³-hybridized carbons (Fsp3) is 0.500. The zero-order chi connectivity index (χ0) is 14.4. The minimum absolute atomic E-state index is 0.0415. The van der Waals surface area contributed by atoms with Gasteiger partial charge < -0.3 is 10.4 Å². The number of aromatic nitrogens is 1. The molecule has 1 amide bonds. The van der Waals surface area contributed by atoms with E-state index in [9.17, 15) is 9.59 Å². The maximum Gasteiger partial charge on any atom is 0.303 e. The predicted molar refractivity (Wildman–Crippen MR) is 72.1 cm³/mol. The molecule has 0 saturated carbocycles. The molecule has 0 aliphatic carbocycles. The third kappa shape index (κ3) is 4.69. The monoisotopic (exact) mass is 264 g/mol. The minimum atomic E-state index is -0.839. The molecule has 0 aliphatic heterocycles. The summed E-state index contributed by atoms with van der Waals surface area (Å²) in [6.45, 7) is 5.94. The number of nitrogens with zero attached hydrogens (tertiary/aromatic N) is 1. The number of rotatable bonds is 6. The van der Waals surface area contributed by atoms with Gasteiger partial charge in [0.25, 0.3) is 5.91 Å². The number of carboxylic acids is 1. The highest BCUT2D eigenvalue weighted by Crippen LogP contribution is 2.09. The lowest BCUT2D eigenvalue weighted by molar-refractivity contribution is -0.138. The quantitative estimate of drug-likeness (QED) is 0.822. The van der Waals surface area contributed by atoms with Crippen LogP contribution < -0.4 is 5.32 Å². The summed E-state index contributed by atoms with van der Waals surface area (Å²) in [4.78, 5) is 26.9. The van der Waals surface area contributed by atoms with Gasteiger partial charge in [-0.05, 0) is 31.9 Å². The summed E-state index contributed by atoms with van der Waals surface area (Å²) in [7, 11) is 0. The van der Waals surface area contributed by atoms with E-state index in [4.69, 9.17) is 5.11 Å². The van der Waals surface area contributed by atoms with E-state index in [1.165, 1.54) is 0 Å². The molecule has 0 bridgehead atoms. The molecule has 1 aromatic rings. The molecule has 19 heavy (non-hydrogen) atoms. The number of nitrogens with one attached hydrogen (secondary N) is 1. The van der Waals surface area contributed by atoms with Crippen LogP contribution in [0, 0.1) is 19.8 Å². The van der Waals surface area contributed by atoms with Crippen molar-refractivity contribution in [3.63, 3.8) is 0 Å². The first-order chi connectivity index (χ1) is 8.93. The van der Waals surface area contributed by atoms with E-state index < -0.39 is 5.97 Å². The molecule has 1 atom stereocenters. The Morgan fingerprint density at radius 1 is 1.37 bits per heavy atom. The van der Waals surface area contributed by atoms with Crippen molar-refractivity contribution in [1.82, 2.24) is 10.3 Å². The van der Waals surface area contributed by atoms with Crippen molar-refractivity contribution in [2.24, 2.45) is 5.92 Å². The summed E-state index contributed by atoms with van der Waals surface area (Å²) >= 11 is 0. The molecule has 2 N–H and O–H groups in total. The highest BCUT2D eigenvalue weighted by molar-refractivity contribution is 5.95. The van der Waals surface area contributed by atoms with Gasteiger partial charge in [-0.2, -0.15) is 0 Å². The second-order valence-corrected chi connectivity index (χ2v) is 4.67. The molecule has 1 heterocycles. The van der Waals surface area contributed by atoms with Crippen LogP contribution in [0.2, 0.25) is 0 Å². The average Bonchev–Trinajstić information content (AvgIpc) is 2.33. The van der Waals surface area contributed by atoms with Crippen LogP contribution in [0.1, 0.15) is 41.5 Å². The molecule has 0 fully saturated rings. The fourth-order valence-electron chi connectivity index (χ4n) is 1.87. The summed E-state index contributed by atoms with van der Waals surface area (Å²) < 4.78 is 0. The minimum Gasteiger partial charge on any atom is -0.481 e. The Bertz CT molecular complexity index is 472. The first kappa shape index (κ1) is 15.1. The van der Waals surface area contributed by atoms with Crippen LogP contribution in [0.3, 0.4) is 0 Å². The van der Waals surface area contributed by atoms with Gasteiger partial charge in [-0.15, -0.1) is 0 Å². The molecule has 104 valence electrons. The van der Waals surface area contributed by atoms with Crippen LogP contribution in [0.15, 0.2) is 12.1 Å².